The first kappa shape index (κ1) is 13.9. The summed E-state index contributed by atoms with van der Waals surface area (Å²) in [5.41, 5.74) is -0.815. The highest BCUT2D eigenvalue weighted by Gasteiger charge is 2.30. The Morgan fingerprint density at radius 1 is 1.42 bits per heavy atom. The fourth-order valence-electron chi connectivity index (χ4n) is 1.95. The number of halogens is 3. The first-order valence-corrected chi connectivity index (χ1v) is 6.04. The van der Waals surface area contributed by atoms with Crippen molar-refractivity contribution in [1.29, 1.82) is 0 Å². The van der Waals surface area contributed by atoms with Crippen LogP contribution in [0.15, 0.2) is 24.3 Å². The number of carbonyl (C=O) groups excluding carboxylic acids is 1. The van der Waals surface area contributed by atoms with E-state index in [1.165, 1.54) is 12.1 Å². The fraction of sp³-hybridized carbons (Fsp3) is 0.462. The summed E-state index contributed by atoms with van der Waals surface area (Å²) in [5, 5.41) is 2.59. The largest absolute Gasteiger partial charge is 0.416 e. The summed E-state index contributed by atoms with van der Waals surface area (Å²) in [5.74, 6) is -0.512. The lowest BCUT2D eigenvalue weighted by molar-refractivity contribution is -0.137. The molecule has 0 spiro atoms. The Morgan fingerprint density at radius 2 is 2.21 bits per heavy atom. The molecule has 3 nitrogen and oxygen atoms in total. The zero-order valence-electron chi connectivity index (χ0n) is 10.2. The maximum absolute atomic E-state index is 12.5. The molecular weight excluding hydrogens is 259 g/mol. The van der Waals surface area contributed by atoms with Crippen molar-refractivity contribution in [3.63, 3.8) is 0 Å². The Hall–Kier alpha value is -1.56. The summed E-state index contributed by atoms with van der Waals surface area (Å²) in [6.45, 7) is 0.999. The van der Waals surface area contributed by atoms with Crippen LogP contribution in [0.2, 0.25) is 0 Å². The highest BCUT2D eigenvalue weighted by atomic mass is 19.4. The van der Waals surface area contributed by atoms with Gasteiger partial charge >= 0.3 is 6.18 Å². The Bertz CT molecular complexity index is 453. The number of benzene rings is 1. The van der Waals surface area contributed by atoms with Gasteiger partial charge in [0.15, 0.2) is 0 Å². The zero-order chi connectivity index (χ0) is 13.9. The predicted molar refractivity (Wildman–Crippen MR) is 62.8 cm³/mol. The van der Waals surface area contributed by atoms with Gasteiger partial charge in [-0.3, -0.25) is 4.79 Å². The monoisotopic (exact) mass is 273 g/mol. The number of rotatable bonds is 3. The van der Waals surface area contributed by atoms with E-state index in [-0.39, 0.29) is 11.7 Å². The van der Waals surface area contributed by atoms with Crippen molar-refractivity contribution in [2.45, 2.75) is 25.1 Å². The van der Waals surface area contributed by atoms with Crippen LogP contribution in [-0.4, -0.2) is 25.2 Å². The van der Waals surface area contributed by atoms with Crippen LogP contribution in [0.4, 0.5) is 13.2 Å². The Kier molecular flexibility index (Phi) is 4.09. The third-order valence-electron chi connectivity index (χ3n) is 2.97. The normalized spacial score (nSPS) is 19.4. The minimum absolute atomic E-state index is 0.00724. The van der Waals surface area contributed by atoms with Crippen LogP contribution >= 0.6 is 0 Å². The molecule has 0 bridgehead atoms. The van der Waals surface area contributed by atoms with Gasteiger partial charge in [0.05, 0.1) is 11.7 Å². The van der Waals surface area contributed by atoms with Gasteiger partial charge in [-0.25, -0.2) is 0 Å². The molecular formula is C13H14F3NO2. The molecule has 1 aromatic rings. The molecule has 19 heavy (non-hydrogen) atoms. The van der Waals surface area contributed by atoms with Gasteiger partial charge in [-0.05, 0) is 31.0 Å². The molecule has 0 radical (unpaired) electrons. The van der Waals surface area contributed by atoms with Gasteiger partial charge in [-0.1, -0.05) is 6.07 Å². The summed E-state index contributed by atoms with van der Waals surface area (Å²) in [6.07, 6.45) is -2.66. The van der Waals surface area contributed by atoms with Crippen LogP contribution < -0.4 is 5.32 Å². The van der Waals surface area contributed by atoms with Crippen molar-refractivity contribution >= 4 is 5.91 Å². The second-order valence-electron chi connectivity index (χ2n) is 4.42. The summed E-state index contributed by atoms with van der Waals surface area (Å²) in [4.78, 5) is 11.7. The van der Waals surface area contributed by atoms with E-state index in [1.807, 2.05) is 0 Å². The van der Waals surface area contributed by atoms with Crippen molar-refractivity contribution in [3.05, 3.63) is 35.4 Å². The van der Waals surface area contributed by atoms with E-state index in [1.54, 1.807) is 0 Å². The van der Waals surface area contributed by atoms with Gasteiger partial charge < -0.3 is 10.1 Å². The summed E-state index contributed by atoms with van der Waals surface area (Å²) >= 11 is 0. The van der Waals surface area contributed by atoms with Gasteiger partial charge in [0.1, 0.15) is 0 Å². The molecule has 104 valence electrons. The van der Waals surface area contributed by atoms with Crippen molar-refractivity contribution in [3.8, 4) is 0 Å². The molecule has 1 aliphatic rings. The second kappa shape index (κ2) is 5.61. The number of carbonyl (C=O) groups is 1. The Labute approximate surface area is 108 Å². The van der Waals surface area contributed by atoms with Gasteiger partial charge in [-0.2, -0.15) is 13.2 Å². The van der Waals surface area contributed by atoms with Crippen LogP contribution in [0.3, 0.4) is 0 Å². The molecule has 1 amide bonds. The summed E-state index contributed by atoms with van der Waals surface area (Å²) < 4.78 is 42.9. The number of amides is 1. The number of ether oxygens (including phenoxy) is 1. The fourth-order valence-corrected chi connectivity index (χ4v) is 1.95. The summed E-state index contributed by atoms with van der Waals surface area (Å²) in [6, 6.07) is 4.38. The van der Waals surface area contributed by atoms with Crippen LogP contribution in [0, 0.1) is 0 Å². The molecule has 1 aromatic carbocycles. The van der Waals surface area contributed by atoms with E-state index in [9.17, 15) is 18.0 Å². The smallest absolute Gasteiger partial charge is 0.376 e. The third kappa shape index (κ3) is 3.70. The van der Waals surface area contributed by atoms with E-state index in [4.69, 9.17) is 4.74 Å². The second-order valence-corrected chi connectivity index (χ2v) is 4.42. The minimum Gasteiger partial charge on any atom is -0.376 e. The predicted octanol–water partition coefficient (Wildman–Crippen LogP) is 2.61. The molecule has 0 saturated carbocycles. The van der Waals surface area contributed by atoms with Crippen molar-refractivity contribution in [1.82, 2.24) is 5.32 Å². The van der Waals surface area contributed by atoms with Gasteiger partial charge in [0.25, 0.3) is 5.91 Å². The topological polar surface area (TPSA) is 38.3 Å². The quantitative estimate of drug-likeness (QED) is 0.919. The molecule has 1 saturated heterocycles. The maximum atomic E-state index is 12.5. The highest BCUT2D eigenvalue weighted by molar-refractivity contribution is 5.94. The molecule has 0 aromatic heterocycles. The van der Waals surface area contributed by atoms with Crippen molar-refractivity contribution < 1.29 is 22.7 Å². The average molecular weight is 273 g/mol. The van der Waals surface area contributed by atoms with E-state index < -0.39 is 17.6 Å². The SMILES string of the molecule is O=C(NC[C@@H]1CCCO1)c1cccc(C(F)(F)F)c1. The maximum Gasteiger partial charge on any atom is 0.416 e. The Morgan fingerprint density at radius 3 is 2.84 bits per heavy atom. The molecule has 0 unspecified atom stereocenters. The van der Waals surface area contributed by atoms with E-state index in [0.29, 0.717) is 13.2 Å². The van der Waals surface area contributed by atoms with Gasteiger partial charge in [0.2, 0.25) is 0 Å². The lowest BCUT2D eigenvalue weighted by Gasteiger charge is -2.12. The van der Waals surface area contributed by atoms with Crippen LogP contribution in [0.1, 0.15) is 28.8 Å². The van der Waals surface area contributed by atoms with Crippen LogP contribution in [0.25, 0.3) is 0 Å². The van der Waals surface area contributed by atoms with Gasteiger partial charge in [-0.15, -0.1) is 0 Å². The number of hydrogen-bond donors (Lipinski definition) is 1. The average Bonchev–Trinajstić information content (AvgIpc) is 2.88. The molecule has 2 rings (SSSR count). The Balaban J connectivity index is 1.98. The standard InChI is InChI=1S/C13H14F3NO2/c14-13(15,16)10-4-1-3-9(7-10)12(18)17-8-11-5-2-6-19-11/h1,3-4,7,11H,2,5-6,8H2,(H,17,18)/t11-/m0/s1. The lowest BCUT2D eigenvalue weighted by atomic mass is 10.1. The zero-order valence-corrected chi connectivity index (χ0v) is 10.2. The van der Waals surface area contributed by atoms with Crippen LogP contribution in [-0.2, 0) is 10.9 Å². The van der Waals surface area contributed by atoms with E-state index >= 15 is 0 Å². The molecule has 1 N–H and O–H groups in total. The number of nitrogens with one attached hydrogen (secondary N) is 1. The lowest BCUT2D eigenvalue weighted by Crippen LogP contribution is -2.31. The molecule has 1 fully saturated rings. The van der Waals surface area contributed by atoms with Gasteiger partial charge in [0, 0.05) is 18.7 Å². The summed E-state index contributed by atoms with van der Waals surface area (Å²) in [7, 11) is 0. The molecule has 1 atom stereocenters. The molecule has 1 heterocycles. The molecule has 6 heteroatoms. The number of hydrogen-bond acceptors (Lipinski definition) is 2. The van der Waals surface area contributed by atoms with Crippen molar-refractivity contribution in [2.75, 3.05) is 13.2 Å². The third-order valence-corrected chi connectivity index (χ3v) is 2.97. The van der Waals surface area contributed by atoms with E-state index in [0.717, 1.165) is 25.0 Å². The first-order valence-electron chi connectivity index (χ1n) is 6.04. The molecule has 1 aliphatic heterocycles. The minimum atomic E-state index is -4.44. The molecule has 0 aliphatic carbocycles. The first-order chi connectivity index (χ1) is 8.97. The highest BCUT2D eigenvalue weighted by Crippen LogP contribution is 2.29. The van der Waals surface area contributed by atoms with E-state index in [2.05, 4.69) is 5.32 Å². The number of alkyl halides is 3. The van der Waals surface area contributed by atoms with Crippen LogP contribution in [0.5, 0.6) is 0 Å². The van der Waals surface area contributed by atoms with Crippen molar-refractivity contribution in [2.24, 2.45) is 0 Å².